The highest BCUT2D eigenvalue weighted by Crippen LogP contribution is 2.38. The first-order chi connectivity index (χ1) is 9.50. The molecule has 0 aliphatic heterocycles. The molecule has 0 spiro atoms. The maximum absolute atomic E-state index is 11.5. The number of pyridine rings is 1. The Bertz CT molecular complexity index is 822. The Kier molecular flexibility index (Phi) is 3.03. The maximum atomic E-state index is 11.5. The van der Waals surface area contributed by atoms with E-state index in [2.05, 4.69) is 4.98 Å². The van der Waals surface area contributed by atoms with E-state index in [1.54, 1.807) is 4.57 Å². The summed E-state index contributed by atoms with van der Waals surface area (Å²) in [6, 6.07) is 3.71. The normalized spacial score (nSPS) is 11.2. The van der Waals surface area contributed by atoms with E-state index in [1.165, 1.54) is 11.3 Å². The second-order valence-corrected chi connectivity index (χ2v) is 5.87. The summed E-state index contributed by atoms with van der Waals surface area (Å²) in [5.74, 6) is -0.954. The molecule has 0 amide bonds. The summed E-state index contributed by atoms with van der Waals surface area (Å²) in [5.41, 5.74) is 2.21. The lowest BCUT2D eigenvalue weighted by Crippen LogP contribution is -2.00. The zero-order chi connectivity index (χ0) is 14.4. The van der Waals surface area contributed by atoms with Crippen LogP contribution in [0.4, 0.5) is 0 Å². The van der Waals surface area contributed by atoms with Crippen molar-refractivity contribution in [1.29, 1.82) is 0 Å². The Balaban J connectivity index is 2.49. The highest BCUT2D eigenvalue weighted by Gasteiger charge is 2.23. The Morgan fingerprint density at radius 3 is 2.60 bits per heavy atom. The molecule has 0 bridgehead atoms. The number of fused-ring (bicyclic) bond motifs is 1. The minimum atomic E-state index is -0.954. The van der Waals surface area contributed by atoms with E-state index in [9.17, 15) is 9.90 Å². The highest BCUT2D eigenvalue weighted by atomic mass is 35.5. The van der Waals surface area contributed by atoms with Crippen molar-refractivity contribution in [3.05, 3.63) is 45.7 Å². The van der Waals surface area contributed by atoms with Gasteiger partial charge in [0.25, 0.3) is 0 Å². The molecule has 0 aliphatic rings. The van der Waals surface area contributed by atoms with Crippen molar-refractivity contribution in [1.82, 2.24) is 9.55 Å². The third-order valence-electron chi connectivity index (χ3n) is 3.21. The number of rotatable bonds is 2. The summed E-state index contributed by atoms with van der Waals surface area (Å²) in [6.45, 7) is 3.72. The SMILES string of the molecule is Cc1nc2sc(C(=O)O)c(-n3cccc3)c2c(C)c1Cl. The van der Waals surface area contributed by atoms with E-state index in [0.717, 1.165) is 10.9 Å². The number of carbonyl (C=O) groups is 1. The zero-order valence-corrected chi connectivity index (χ0v) is 12.4. The third-order valence-corrected chi connectivity index (χ3v) is 4.83. The topological polar surface area (TPSA) is 55.1 Å². The number of hydrogen-bond donors (Lipinski definition) is 1. The first-order valence-corrected chi connectivity index (χ1v) is 7.16. The van der Waals surface area contributed by atoms with Gasteiger partial charge in [0, 0.05) is 17.8 Å². The van der Waals surface area contributed by atoms with Crippen LogP contribution in [0.1, 0.15) is 20.9 Å². The van der Waals surface area contributed by atoms with Crippen LogP contribution in [0.25, 0.3) is 15.9 Å². The lowest BCUT2D eigenvalue weighted by molar-refractivity contribution is 0.0702. The number of halogens is 1. The van der Waals surface area contributed by atoms with Gasteiger partial charge in [0.05, 0.1) is 16.4 Å². The fourth-order valence-corrected chi connectivity index (χ4v) is 3.54. The van der Waals surface area contributed by atoms with Gasteiger partial charge in [-0.25, -0.2) is 9.78 Å². The van der Waals surface area contributed by atoms with Crippen molar-refractivity contribution < 1.29 is 9.90 Å². The molecule has 3 rings (SSSR count). The van der Waals surface area contributed by atoms with Crippen molar-refractivity contribution in [2.45, 2.75) is 13.8 Å². The van der Waals surface area contributed by atoms with Crippen LogP contribution in [-0.2, 0) is 0 Å². The Labute approximate surface area is 124 Å². The summed E-state index contributed by atoms with van der Waals surface area (Å²) in [7, 11) is 0. The lowest BCUT2D eigenvalue weighted by Gasteiger charge is -2.07. The summed E-state index contributed by atoms with van der Waals surface area (Å²) in [6.07, 6.45) is 3.64. The van der Waals surface area contributed by atoms with Gasteiger partial charge in [-0.05, 0) is 31.5 Å². The van der Waals surface area contributed by atoms with Crippen molar-refractivity contribution >= 4 is 39.1 Å². The van der Waals surface area contributed by atoms with Crippen molar-refractivity contribution in [3.63, 3.8) is 0 Å². The second kappa shape index (κ2) is 4.61. The van der Waals surface area contributed by atoms with Gasteiger partial charge < -0.3 is 9.67 Å². The quantitative estimate of drug-likeness (QED) is 0.777. The van der Waals surface area contributed by atoms with Crippen molar-refractivity contribution in [3.8, 4) is 5.69 Å². The molecule has 3 heterocycles. The number of carboxylic acid groups (broad SMARTS) is 1. The van der Waals surface area contributed by atoms with Gasteiger partial charge in [-0.2, -0.15) is 0 Å². The summed E-state index contributed by atoms with van der Waals surface area (Å²) in [5, 5.41) is 10.8. The third kappa shape index (κ3) is 1.82. The molecule has 3 aromatic rings. The van der Waals surface area contributed by atoms with Crippen molar-refractivity contribution in [2.75, 3.05) is 0 Å². The predicted molar refractivity (Wildman–Crippen MR) is 80.4 cm³/mol. The number of aromatic nitrogens is 2. The van der Waals surface area contributed by atoms with E-state index < -0.39 is 5.97 Å². The molecule has 0 fully saturated rings. The van der Waals surface area contributed by atoms with Crippen LogP contribution >= 0.6 is 22.9 Å². The van der Waals surface area contributed by atoms with Gasteiger partial charge in [-0.15, -0.1) is 11.3 Å². The summed E-state index contributed by atoms with van der Waals surface area (Å²) >= 11 is 7.44. The van der Waals surface area contributed by atoms with Crippen LogP contribution in [0.2, 0.25) is 5.02 Å². The van der Waals surface area contributed by atoms with Gasteiger partial charge in [0.1, 0.15) is 9.71 Å². The fraction of sp³-hybridized carbons (Fsp3) is 0.143. The molecule has 0 saturated carbocycles. The Morgan fingerprint density at radius 1 is 1.35 bits per heavy atom. The van der Waals surface area contributed by atoms with Gasteiger partial charge in [-0.3, -0.25) is 0 Å². The molecule has 0 unspecified atom stereocenters. The zero-order valence-electron chi connectivity index (χ0n) is 10.8. The molecule has 4 nitrogen and oxygen atoms in total. The molecule has 0 aliphatic carbocycles. The highest BCUT2D eigenvalue weighted by molar-refractivity contribution is 7.21. The van der Waals surface area contributed by atoms with Crippen LogP contribution < -0.4 is 0 Å². The van der Waals surface area contributed by atoms with Crippen LogP contribution in [0.3, 0.4) is 0 Å². The first kappa shape index (κ1) is 13.1. The van der Waals surface area contributed by atoms with Gasteiger partial charge in [0.15, 0.2) is 0 Å². The second-order valence-electron chi connectivity index (χ2n) is 4.49. The van der Waals surface area contributed by atoms with E-state index in [0.29, 0.717) is 21.2 Å². The van der Waals surface area contributed by atoms with Crippen LogP contribution in [0.15, 0.2) is 24.5 Å². The fourth-order valence-electron chi connectivity index (χ4n) is 2.28. The van der Waals surface area contributed by atoms with Crippen molar-refractivity contribution in [2.24, 2.45) is 0 Å². The number of carboxylic acids is 1. The molecule has 0 atom stereocenters. The molecular weight excluding hydrogens is 296 g/mol. The maximum Gasteiger partial charge on any atom is 0.348 e. The van der Waals surface area contributed by atoms with E-state index >= 15 is 0 Å². The van der Waals surface area contributed by atoms with Crippen LogP contribution in [0, 0.1) is 13.8 Å². The minimum Gasteiger partial charge on any atom is -0.477 e. The number of hydrogen-bond acceptors (Lipinski definition) is 3. The number of aromatic carboxylic acids is 1. The summed E-state index contributed by atoms with van der Waals surface area (Å²) in [4.78, 5) is 16.9. The smallest absolute Gasteiger partial charge is 0.348 e. The first-order valence-electron chi connectivity index (χ1n) is 5.96. The average Bonchev–Trinajstić information content (AvgIpc) is 3.01. The van der Waals surface area contributed by atoms with E-state index in [4.69, 9.17) is 11.6 Å². The minimum absolute atomic E-state index is 0.272. The Hall–Kier alpha value is -1.85. The molecule has 6 heteroatoms. The molecule has 0 aromatic carbocycles. The number of thiophene rings is 1. The van der Waals surface area contributed by atoms with E-state index in [-0.39, 0.29) is 4.88 Å². The number of aryl methyl sites for hydroxylation is 2. The standard InChI is InChI=1S/C14H11ClN2O2S/c1-7-9-11(17-5-3-4-6-17)12(14(18)19)20-13(9)16-8(2)10(7)15/h3-6H,1-2H3,(H,18,19). The van der Waals surface area contributed by atoms with Gasteiger partial charge in [0.2, 0.25) is 0 Å². The van der Waals surface area contributed by atoms with Gasteiger partial charge in [-0.1, -0.05) is 11.6 Å². The lowest BCUT2D eigenvalue weighted by atomic mass is 10.1. The molecule has 0 saturated heterocycles. The molecule has 0 radical (unpaired) electrons. The van der Waals surface area contributed by atoms with Crippen LogP contribution in [0.5, 0.6) is 0 Å². The van der Waals surface area contributed by atoms with Gasteiger partial charge >= 0.3 is 5.97 Å². The molecular formula is C14H11ClN2O2S. The largest absolute Gasteiger partial charge is 0.477 e. The summed E-state index contributed by atoms with van der Waals surface area (Å²) < 4.78 is 1.79. The van der Waals surface area contributed by atoms with Crippen LogP contribution in [-0.4, -0.2) is 20.6 Å². The molecule has 20 heavy (non-hydrogen) atoms. The molecule has 1 N–H and O–H groups in total. The molecule has 3 aromatic heterocycles. The monoisotopic (exact) mass is 306 g/mol. The van der Waals surface area contributed by atoms with E-state index in [1.807, 2.05) is 38.4 Å². The average molecular weight is 307 g/mol. The number of nitrogens with zero attached hydrogens (tertiary/aromatic N) is 2. The predicted octanol–water partition coefficient (Wildman–Crippen LogP) is 4.06. The molecule has 102 valence electrons. The Morgan fingerprint density at radius 2 is 2.00 bits per heavy atom.